The number of halogens is 2. The zero-order valence-corrected chi connectivity index (χ0v) is 13.2. The van der Waals surface area contributed by atoms with E-state index in [-0.39, 0.29) is 23.7 Å². The maximum atomic E-state index is 12.6. The standard InChI is InChI=1S/C14H16Br2O2/c15-5-1-7-11-8(2-5)14(18)10-4-6(16)3-9(12(10)11)13(7)17/h5-12H,1-4H2. The largest absolute Gasteiger partial charge is 0.299 e. The summed E-state index contributed by atoms with van der Waals surface area (Å²) >= 11 is 7.31. The first-order chi connectivity index (χ1) is 8.58. The van der Waals surface area contributed by atoms with Crippen molar-refractivity contribution in [3.05, 3.63) is 0 Å². The van der Waals surface area contributed by atoms with E-state index in [9.17, 15) is 9.59 Å². The molecule has 0 radical (unpaired) electrons. The second kappa shape index (κ2) is 3.91. The predicted molar refractivity (Wildman–Crippen MR) is 74.9 cm³/mol. The van der Waals surface area contributed by atoms with Gasteiger partial charge >= 0.3 is 0 Å². The van der Waals surface area contributed by atoms with Crippen molar-refractivity contribution in [2.45, 2.75) is 35.3 Å². The van der Waals surface area contributed by atoms with Crippen molar-refractivity contribution < 1.29 is 9.59 Å². The monoisotopic (exact) mass is 374 g/mol. The molecule has 4 saturated carbocycles. The van der Waals surface area contributed by atoms with E-state index in [1.807, 2.05) is 0 Å². The summed E-state index contributed by atoms with van der Waals surface area (Å²) in [5.41, 5.74) is 0. The quantitative estimate of drug-likeness (QED) is 0.610. The highest BCUT2D eigenvalue weighted by Gasteiger charge is 2.65. The number of hydrogen-bond acceptors (Lipinski definition) is 2. The molecular formula is C14H16Br2O2. The lowest BCUT2D eigenvalue weighted by atomic mass is 9.73. The molecule has 0 bridgehead atoms. The first-order valence-electron chi connectivity index (χ1n) is 6.93. The molecule has 4 atom stereocenters. The van der Waals surface area contributed by atoms with Gasteiger partial charge in [0.15, 0.2) is 0 Å². The molecule has 0 heterocycles. The van der Waals surface area contributed by atoms with Crippen LogP contribution in [-0.2, 0) is 9.59 Å². The Bertz CT molecular complexity index is 364. The van der Waals surface area contributed by atoms with Crippen LogP contribution in [0.3, 0.4) is 0 Å². The SMILES string of the molecule is O=C1C2CC(Br)CC3C(=O)C4CC(Br)CC1C4C23. The summed E-state index contributed by atoms with van der Waals surface area (Å²) < 4.78 is 0. The van der Waals surface area contributed by atoms with Crippen molar-refractivity contribution in [1.29, 1.82) is 0 Å². The topological polar surface area (TPSA) is 34.1 Å². The van der Waals surface area contributed by atoms with Gasteiger partial charge in [-0.1, -0.05) is 31.9 Å². The van der Waals surface area contributed by atoms with E-state index in [1.54, 1.807) is 0 Å². The van der Waals surface area contributed by atoms with E-state index < -0.39 is 0 Å². The summed E-state index contributed by atoms with van der Waals surface area (Å²) in [4.78, 5) is 25.9. The van der Waals surface area contributed by atoms with Crippen molar-refractivity contribution in [2.24, 2.45) is 35.5 Å². The molecule has 4 heteroatoms. The number of hydrogen-bond donors (Lipinski definition) is 0. The van der Waals surface area contributed by atoms with Crippen LogP contribution in [0.4, 0.5) is 0 Å². The van der Waals surface area contributed by atoms with E-state index in [1.165, 1.54) is 0 Å². The Hall–Kier alpha value is 0.300. The van der Waals surface area contributed by atoms with Crippen LogP contribution in [-0.4, -0.2) is 21.2 Å². The minimum Gasteiger partial charge on any atom is -0.299 e. The van der Waals surface area contributed by atoms with E-state index in [4.69, 9.17) is 0 Å². The van der Waals surface area contributed by atoms with Crippen LogP contribution >= 0.6 is 31.9 Å². The number of carbonyl (C=O) groups excluding carboxylic acids is 2. The Morgan fingerprint density at radius 2 is 0.944 bits per heavy atom. The van der Waals surface area contributed by atoms with Gasteiger partial charge in [-0.15, -0.1) is 0 Å². The smallest absolute Gasteiger partial charge is 0.139 e. The maximum Gasteiger partial charge on any atom is 0.139 e. The van der Waals surface area contributed by atoms with Gasteiger partial charge in [0.05, 0.1) is 0 Å². The Kier molecular flexibility index (Phi) is 2.62. The molecule has 0 aliphatic heterocycles. The molecule has 0 spiro atoms. The van der Waals surface area contributed by atoms with Gasteiger partial charge in [-0.25, -0.2) is 0 Å². The first kappa shape index (κ1) is 12.1. The average molecular weight is 376 g/mol. The summed E-state index contributed by atoms with van der Waals surface area (Å²) in [5, 5.41) is 0. The maximum absolute atomic E-state index is 12.6. The molecular weight excluding hydrogens is 360 g/mol. The average Bonchev–Trinajstić information content (AvgIpc) is 2.75. The van der Waals surface area contributed by atoms with Crippen LogP contribution in [0.5, 0.6) is 0 Å². The van der Waals surface area contributed by atoms with Crippen molar-refractivity contribution in [3.8, 4) is 0 Å². The Labute approximate surface area is 124 Å². The lowest BCUT2D eigenvalue weighted by Crippen LogP contribution is -2.37. The molecule has 0 aromatic heterocycles. The molecule has 0 aromatic carbocycles. The summed E-state index contributed by atoms with van der Waals surface area (Å²) in [6.45, 7) is 0. The molecule has 4 rings (SSSR count). The van der Waals surface area contributed by atoms with Crippen LogP contribution in [0.1, 0.15) is 25.7 Å². The molecule has 0 N–H and O–H groups in total. The van der Waals surface area contributed by atoms with Crippen LogP contribution in [0.25, 0.3) is 0 Å². The lowest BCUT2D eigenvalue weighted by molar-refractivity contribution is -0.131. The molecule has 0 amide bonds. The van der Waals surface area contributed by atoms with Gasteiger partial charge < -0.3 is 0 Å². The van der Waals surface area contributed by atoms with E-state index in [0.29, 0.717) is 33.1 Å². The molecule has 4 unspecified atom stereocenters. The van der Waals surface area contributed by atoms with Gasteiger partial charge in [0.25, 0.3) is 0 Å². The van der Waals surface area contributed by atoms with Crippen molar-refractivity contribution in [1.82, 2.24) is 0 Å². The highest BCUT2D eigenvalue weighted by molar-refractivity contribution is 9.09. The van der Waals surface area contributed by atoms with Gasteiger partial charge in [-0.05, 0) is 37.5 Å². The van der Waals surface area contributed by atoms with Gasteiger partial charge in [0, 0.05) is 33.3 Å². The predicted octanol–water partition coefficient (Wildman–Crippen LogP) is 2.96. The van der Waals surface area contributed by atoms with Gasteiger partial charge in [0.1, 0.15) is 11.6 Å². The fraction of sp³-hybridized carbons (Fsp3) is 0.857. The number of rotatable bonds is 0. The molecule has 98 valence electrons. The third kappa shape index (κ3) is 1.39. The number of ketones is 2. The number of Topliss-reactive ketones (excluding diaryl/α,β-unsaturated/α-hetero) is 2. The summed E-state index contributed by atoms with van der Waals surface area (Å²) in [5.74, 6) is 2.44. The third-order valence-corrected chi connectivity index (χ3v) is 7.30. The van der Waals surface area contributed by atoms with Crippen LogP contribution < -0.4 is 0 Å². The zero-order valence-electron chi connectivity index (χ0n) is 10.0. The van der Waals surface area contributed by atoms with Crippen molar-refractivity contribution in [3.63, 3.8) is 0 Å². The second-order valence-corrected chi connectivity index (χ2v) is 9.11. The fourth-order valence-corrected chi connectivity index (χ4v) is 6.94. The second-order valence-electron chi connectivity index (χ2n) is 6.52. The molecule has 0 aromatic rings. The van der Waals surface area contributed by atoms with Crippen molar-refractivity contribution in [2.75, 3.05) is 0 Å². The minimum absolute atomic E-state index is 0.176. The Morgan fingerprint density at radius 3 is 1.22 bits per heavy atom. The van der Waals surface area contributed by atoms with Crippen LogP contribution in [0.15, 0.2) is 0 Å². The highest BCUT2D eigenvalue weighted by atomic mass is 79.9. The first-order valence-corrected chi connectivity index (χ1v) is 8.76. The molecule has 2 nitrogen and oxygen atoms in total. The molecule has 4 aliphatic rings. The molecule has 0 saturated heterocycles. The van der Waals surface area contributed by atoms with E-state index in [0.717, 1.165) is 25.7 Å². The summed E-state index contributed by atoms with van der Waals surface area (Å²) in [6, 6.07) is 0. The van der Waals surface area contributed by atoms with Gasteiger partial charge in [0.2, 0.25) is 0 Å². The third-order valence-electron chi connectivity index (χ3n) is 5.80. The van der Waals surface area contributed by atoms with E-state index in [2.05, 4.69) is 31.9 Å². The highest BCUT2D eigenvalue weighted by Crippen LogP contribution is 2.62. The lowest BCUT2D eigenvalue weighted by Gasteiger charge is -2.32. The molecule has 18 heavy (non-hydrogen) atoms. The van der Waals surface area contributed by atoms with Gasteiger partial charge in [-0.3, -0.25) is 9.59 Å². The molecule has 4 aliphatic carbocycles. The van der Waals surface area contributed by atoms with Gasteiger partial charge in [-0.2, -0.15) is 0 Å². The number of carbonyl (C=O) groups is 2. The summed E-state index contributed by atoms with van der Waals surface area (Å²) in [7, 11) is 0. The van der Waals surface area contributed by atoms with Crippen molar-refractivity contribution >= 4 is 43.4 Å². The fourth-order valence-electron chi connectivity index (χ4n) is 5.33. The minimum atomic E-state index is 0.176. The normalized spacial score (nSPS) is 57.9. The Balaban J connectivity index is 1.80. The van der Waals surface area contributed by atoms with Crippen LogP contribution in [0.2, 0.25) is 0 Å². The van der Waals surface area contributed by atoms with Crippen LogP contribution in [0, 0.1) is 35.5 Å². The Morgan fingerprint density at radius 1 is 0.667 bits per heavy atom. The number of alkyl halides is 2. The zero-order chi connectivity index (χ0) is 12.6. The summed E-state index contributed by atoms with van der Waals surface area (Å²) in [6.07, 6.45) is 3.83. The molecule has 4 fully saturated rings. The van der Waals surface area contributed by atoms with E-state index >= 15 is 0 Å².